The number of hydrogen-bond donors (Lipinski definition) is 8. The molecule has 0 aromatic heterocycles. The van der Waals surface area contributed by atoms with Gasteiger partial charge in [0.1, 0.15) is 49.3 Å². The number of carbonyl (C=O) groups excluding carboxylic acids is 1. The first-order valence-corrected chi connectivity index (χ1v) is 24.4. The lowest BCUT2D eigenvalue weighted by atomic mass is 9.43. The molecular formula is C47H74O18. The average Bonchev–Trinajstić information content (AvgIpc) is 3.80. The molecule has 5 aliphatic heterocycles. The summed E-state index contributed by atoms with van der Waals surface area (Å²) in [6.45, 7) is 9.61. The van der Waals surface area contributed by atoms with Gasteiger partial charge in [-0.05, 0) is 113 Å². The lowest BCUT2D eigenvalue weighted by Crippen LogP contribution is -2.62. The molecule has 9 rings (SSSR count). The van der Waals surface area contributed by atoms with Crippen molar-refractivity contribution in [3.8, 4) is 0 Å². The van der Waals surface area contributed by atoms with E-state index < -0.39 is 117 Å². The quantitative estimate of drug-likeness (QED) is 0.113. The fourth-order valence-corrected chi connectivity index (χ4v) is 14.3. The molecule has 0 aromatic rings. The number of aliphatic hydroxyl groups is 8. The highest BCUT2D eigenvalue weighted by molar-refractivity contribution is 5.85. The van der Waals surface area contributed by atoms with Crippen LogP contribution in [0.2, 0.25) is 0 Å². The zero-order chi connectivity index (χ0) is 46.3. The SMILES string of the molecule is C[C@H]1O[C@@H](O[C@H]2CC[C@@]3(C)[C@@H](CC[C@@H]4[C@@H]3CC[C@]3(C)[C@H](C5=CC(=O)OC5)CC[C@]43O)C2)C[C@@H](O)[C@@H]1O[C@H]1C[C@@H](O)[C@H](O[C@H]2C[C@@H](O)[C@H](O[C@H]3O[C@@H](CO)[C@H](O)[C@@H](O)[C@@H]3O)[C@@H](C)O2)[C@@H](C)O1. The predicted molar refractivity (Wildman–Crippen MR) is 224 cm³/mol. The summed E-state index contributed by atoms with van der Waals surface area (Å²) in [6.07, 6.45) is -7.33. The first-order valence-electron chi connectivity index (χ1n) is 24.4. The largest absolute Gasteiger partial charge is 0.458 e. The summed E-state index contributed by atoms with van der Waals surface area (Å²) < 4.78 is 54.1. The highest BCUT2D eigenvalue weighted by atomic mass is 16.8. The van der Waals surface area contributed by atoms with Crippen LogP contribution < -0.4 is 0 Å². The molecule has 4 saturated heterocycles. The van der Waals surface area contributed by atoms with Crippen molar-refractivity contribution in [2.45, 2.75) is 228 Å². The van der Waals surface area contributed by atoms with Crippen LogP contribution >= 0.6 is 0 Å². The van der Waals surface area contributed by atoms with E-state index in [9.17, 15) is 45.6 Å². The number of carbonyl (C=O) groups is 1. The van der Waals surface area contributed by atoms with E-state index in [0.29, 0.717) is 18.4 Å². The number of esters is 1. The topological polar surface area (TPSA) is 262 Å². The van der Waals surface area contributed by atoms with Crippen LogP contribution in [0, 0.1) is 34.5 Å². The van der Waals surface area contributed by atoms with E-state index in [2.05, 4.69) is 13.8 Å². The van der Waals surface area contributed by atoms with Crippen molar-refractivity contribution in [2.24, 2.45) is 34.5 Å². The van der Waals surface area contributed by atoms with Crippen LogP contribution in [0.1, 0.15) is 112 Å². The fraction of sp³-hybridized carbons (Fsp3) is 0.936. The van der Waals surface area contributed by atoms with Crippen molar-refractivity contribution in [1.29, 1.82) is 0 Å². The second-order valence-corrected chi connectivity index (χ2v) is 21.5. The van der Waals surface area contributed by atoms with Crippen molar-refractivity contribution < 1.29 is 88.3 Å². The van der Waals surface area contributed by atoms with Gasteiger partial charge < -0.3 is 83.5 Å². The molecule has 9 aliphatic rings. The molecule has 4 saturated carbocycles. The van der Waals surface area contributed by atoms with Crippen LogP contribution in [0.3, 0.4) is 0 Å². The molecule has 4 aliphatic carbocycles. The van der Waals surface area contributed by atoms with Gasteiger partial charge in [-0.2, -0.15) is 0 Å². The Morgan fingerprint density at radius 3 is 1.78 bits per heavy atom. The molecule has 0 unspecified atom stereocenters. The highest BCUT2D eigenvalue weighted by Crippen LogP contribution is 2.70. The van der Waals surface area contributed by atoms with Crippen molar-refractivity contribution in [3.63, 3.8) is 0 Å². The number of rotatable bonds is 10. The van der Waals surface area contributed by atoms with Crippen molar-refractivity contribution in [1.82, 2.24) is 0 Å². The van der Waals surface area contributed by atoms with Crippen LogP contribution in [0.15, 0.2) is 11.6 Å². The second kappa shape index (κ2) is 18.7. The predicted octanol–water partition coefficient (Wildman–Crippen LogP) is 1.07. The molecule has 0 amide bonds. The van der Waals surface area contributed by atoms with Crippen LogP contribution in [-0.4, -0.2) is 176 Å². The monoisotopic (exact) mass is 926 g/mol. The number of hydrogen-bond acceptors (Lipinski definition) is 18. The molecule has 8 N–H and O–H groups in total. The minimum atomic E-state index is -1.64. The van der Waals surface area contributed by atoms with Crippen LogP contribution in [-0.2, 0) is 47.4 Å². The number of aliphatic hydroxyl groups excluding tert-OH is 7. The molecule has 65 heavy (non-hydrogen) atoms. The third-order valence-electron chi connectivity index (χ3n) is 18.0. The summed E-state index contributed by atoms with van der Waals surface area (Å²) in [6, 6.07) is 0. The van der Waals surface area contributed by atoms with Gasteiger partial charge in [-0.15, -0.1) is 0 Å². The van der Waals surface area contributed by atoms with E-state index in [0.717, 1.165) is 63.4 Å². The molecule has 25 atom stereocenters. The minimum Gasteiger partial charge on any atom is -0.458 e. The van der Waals surface area contributed by atoms with E-state index in [1.54, 1.807) is 19.9 Å². The normalized spacial score (nSPS) is 54.8. The standard InChI is InChI=1S/C47H74O18/c1-21-41(63-36-17-31(50)42(22(2)59-36)64-37-18-32(51)43(23(3)60-37)65-44-40(55)39(54)38(53)33(19-48)62-44)30(49)16-35(58-21)61-26-8-11-45(4)25(15-26)6-7-29-28(45)9-12-46(5)27(10-13-47(29,46)56)24-14-34(52)57-20-24/h14,21-23,25-33,35-44,48-51,53-56H,6-13,15-20H2,1-5H3/t21-,22-,23-,25+,26+,27+,28+,29-,30-,31-,32-,33+,35+,36+,37+,38+,39-,40+,41-,42-,43-,44-,45+,46-,47+/m1/s1. The van der Waals surface area contributed by atoms with Crippen molar-refractivity contribution in [2.75, 3.05) is 13.2 Å². The van der Waals surface area contributed by atoms with E-state index in [-0.39, 0.29) is 54.0 Å². The number of fused-ring (bicyclic) bond motifs is 5. The number of cyclic esters (lactones) is 1. The summed E-state index contributed by atoms with van der Waals surface area (Å²) >= 11 is 0. The average molecular weight is 927 g/mol. The van der Waals surface area contributed by atoms with Gasteiger partial charge in [-0.25, -0.2) is 4.79 Å². The fourth-order valence-electron chi connectivity index (χ4n) is 14.3. The van der Waals surface area contributed by atoms with Gasteiger partial charge in [0.2, 0.25) is 0 Å². The molecule has 0 radical (unpaired) electrons. The zero-order valence-electron chi connectivity index (χ0n) is 38.3. The van der Waals surface area contributed by atoms with Gasteiger partial charge in [0.25, 0.3) is 0 Å². The molecule has 8 fully saturated rings. The molecule has 18 heteroatoms. The molecule has 0 bridgehead atoms. The van der Waals surface area contributed by atoms with Gasteiger partial charge in [0.15, 0.2) is 25.2 Å². The summed E-state index contributed by atoms with van der Waals surface area (Å²) in [5, 5.41) is 86.5. The summed E-state index contributed by atoms with van der Waals surface area (Å²) in [4.78, 5) is 12.0. The molecule has 5 heterocycles. The maximum absolute atomic E-state index is 12.6. The molecule has 370 valence electrons. The maximum Gasteiger partial charge on any atom is 0.331 e. The molecule has 0 aromatic carbocycles. The minimum absolute atomic E-state index is 0.0150. The van der Waals surface area contributed by atoms with Gasteiger partial charge in [-0.1, -0.05) is 13.8 Å². The van der Waals surface area contributed by atoms with E-state index in [1.807, 2.05) is 6.92 Å². The van der Waals surface area contributed by atoms with Crippen molar-refractivity contribution >= 4 is 5.97 Å². The Morgan fingerprint density at radius 2 is 1.23 bits per heavy atom. The Hall–Kier alpha value is -1.43. The Kier molecular flexibility index (Phi) is 14.0. The first kappa shape index (κ1) is 48.6. The van der Waals surface area contributed by atoms with Gasteiger partial charge in [0.05, 0.1) is 54.9 Å². The van der Waals surface area contributed by atoms with E-state index in [1.165, 1.54) is 0 Å². The lowest BCUT2D eigenvalue weighted by Gasteiger charge is -2.64. The maximum atomic E-state index is 12.6. The smallest absolute Gasteiger partial charge is 0.331 e. The second-order valence-electron chi connectivity index (χ2n) is 21.5. The third-order valence-corrected chi connectivity index (χ3v) is 18.0. The number of ether oxygens (including phenoxy) is 9. The Labute approximate surface area is 380 Å². The zero-order valence-corrected chi connectivity index (χ0v) is 38.3. The summed E-state index contributed by atoms with van der Waals surface area (Å²) in [5.74, 6) is 1.01. The van der Waals surface area contributed by atoms with Crippen molar-refractivity contribution in [3.05, 3.63) is 11.6 Å². The highest BCUT2D eigenvalue weighted by Gasteiger charge is 2.68. The molecular weight excluding hydrogens is 852 g/mol. The Morgan fingerprint density at radius 1 is 0.646 bits per heavy atom. The first-order chi connectivity index (χ1) is 30.8. The van der Waals surface area contributed by atoms with Gasteiger partial charge in [-0.3, -0.25) is 0 Å². The van der Waals surface area contributed by atoms with Crippen LogP contribution in [0.5, 0.6) is 0 Å². The Bertz CT molecular complexity index is 1680. The summed E-state index contributed by atoms with van der Waals surface area (Å²) in [7, 11) is 0. The summed E-state index contributed by atoms with van der Waals surface area (Å²) in [5.41, 5.74) is 0.118. The third kappa shape index (κ3) is 8.79. The molecule has 0 spiro atoms. The molecule has 18 nitrogen and oxygen atoms in total. The van der Waals surface area contributed by atoms with E-state index in [4.69, 9.17) is 42.6 Å². The van der Waals surface area contributed by atoms with Gasteiger partial charge in [0, 0.05) is 30.8 Å². The Balaban J connectivity index is 0.730. The lowest BCUT2D eigenvalue weighted by molar-refractivity contribution is -0.355. The van der Waals surface area contributed by atoms with Gasteiger partial charge >= 0.3 is 5.97 Å². The van der Waals surface area contributed by atoms with Crippen LogP contribution in [0.4, 0.5) is 0 Å². The van der Waals surface area contributed by atoms with Crippen LogP contribution in [0.25, 0.3) is 0 Å². The van der Waals surface area contributed by atoms with E-state index >= 15 is 0 Å².